The van der Waals surface area contributed by atoms with Gasteiger partial charge in [-0.05, 0) is 45.2 Å². The van der Waals surface area contributed by atoms with E-state index >= 15 is 0 Å². The smallest absolute Gasteiger partial charge is 0.132 e. The van der Waals surface area contributed by atoms with Gasteiger partial charge in [0.05, 0.1) is 6.20 Å². The van der Waals surface area contributed by atoms with Crippen LogP contribution in [0.2, 0.25) is 0 Å². The number of likely N-dealkylation sites (N-methyl/N-ethyl adjacent to an activating group) is 1. The summed E-state index contributed by atoms with van der Waals surface area (Å²) in [6.07, 6.45) is 9.69. The molecule has 0 aromatic carbocycles. The first-order chi connectivity index (χ1) is 12.5. The van der Waals surface area contributed by atoms with Gasteiger partial charge in [-0.3, -0.25) is 4.68 Å². The minimum atomic E-state index is 0.654. The van der Waals surface area contributed by atoms with Gasteiger partial charge in [0.15, 0.2) is 0 Å². The van der Waals surface area contributed by atoms with Crippen molar-refractivity contribution in [3.63, 3.8) is 0 Å². The number of aromatic nitrogens is 4. The molecule has 0 N–H and O–H groups in total. The van der Waals surface area contributed by atoms with E-state index in [9.17, 15) is 0 Å². The quantitative estimate of drug-likeness (QED) is 0.763. The monoisotopic (exact) mass is 356 g/mol. The van der Waals surface area contributed by atoms with Gasteiger partial charge in [0, 0.05) is 50.7 Å². The third kappa shape index (κ3) is 4.81. The Morgan fingerprint density at radius 2 is 1.96 bits per heavy atom. The first-order valence-electron chi connectivity index (χ1n) is 9.82. The predicted octanol–water partition coefficient (Wildman–Crippen LogP) is 2.61. The van der Waals surface area contributed by atoms with E-state index in [4.69, 9.17) is 0 Å². The van der Waals surface area contributed by atoms with Crippen LogP contribution in [0.25, 0.3) is 0 Å². The summed E-state index contributed by atoms with van der Waals surface area (Å²) in [6.45, 7) is 7.43. The van der Waals surface area contributed by atoms with Crippen molar-refractivity contribution in [2.24, 2.45) is 7.05 Å². The van der Waals surface area contributed by atoms with Crippen molar-refractivity contribution in [3.8, 4) is 0 Å². The summed E-state index contributed by atoms with van der Waals surface area (Å²) in [5.41, 5.74) is 2.49. The molecule has 142 valence electrons. The van der Waals surface area contributed by atoms with Crippen LogP contribution in [0.4, 0.5) is 5.82 Å². The molecule has 0 bridgehead atoms. The van der Waals surface area contributed by atoms with Gasteiger partial charge in [-0.25, -0.2) is 9.97 Å². The van der Waals surface area contributed by atoms with E-state index in [-0.39, 0.29) is 0 Å². The summed E-state index contributed by atoms with van der Waals surface area (Å²) in [4.78, 5) is 14.2. The number of rotatable bonds is 7. The van der Waals surface area contributed by atoms with Gasteiger partial charge >= 0.3 is 0 Å². The molecule has 0 aliphatic carbocycles. The number of hydrogen-bond donors (Lipinski definition) is 0. The van der Waals surface area contributed by atoms with Gasteiger partial charge in [-0.1, -0.05) is 13.3 Å². The highest BCUT2D eigenvalue weighted by molar-refractivity contribution is 5.40. The van der Waals surface area contributed by atoms with E-state index in [2.05, 4.69) is 51.1 Å². The van der Waals surface area contributed by atoms with E-state index in [0.717, 1.165) is 50.5 Å². The van der Waals surface area contributed by atoms with Gasteiger partial charge < -0.3 is 9.80 Å². The first kappa shape index (κ1) is 18.8. The molecule has 2 aromatic heterocycles. The van der Waals surface area contributed by atoms with Gasteiger partial charge in [-0.15, -0.1) is 0 Å². The van der Waals surface area contributed by atoms with Crippen LogP contribution in [0.3, 0.4) is 0 Å². The van der Waals surface area contributed by atoms with Gasteiger partial charge in [0.25, 0.3) is 0 Å². The molecule has 0 unspecified atom stereocenters. The van der Waals surface area contributed by atoms with E-state index in [0.29, 0.717) is 6.04 Å². The van der Waals surface area contributed by atoms with Crippen molar-refractivity contribution < 1.29 is 0 Å². The third-order valence-corrected chi connectivity index (χ3v) is 5.31. The molecular weight excluding hydrogens is 324 g/mol. The minimum Gasteiger partial charge on any atom is -0.356 e. The molecule has 0 atom stereocenters. The molecule has 3 rings (SSSR count). The van der Waals surface area contributed by atoms with E-state index in [1.54, 1.807) is 0 Å². The second kappa shape index (κ2) is 8.62. The van der Waals surface area contributed by atoms with Crippen molar-refractivity contribution in [2.45, 2.75) is 52.0 Å². The third-order valence-electron chi connectivity index (χ3n) is 5.31. The second-order valence-electron chi connectivity index (χ2n) is 7.49. The number of piperidine rings is 1. The Morgan fingerprint density at radius 3 is 2.62 bits per heavy atom. The van der Waals surface area contributed by atoms with Crippen LogP contribution in [0.5, 0.6) is 0 Å². The van der Waals surface area contributed by atoms with Crippen molar-refractivity contribution in [1.82, 2.24) is 24.6 Å². The highest BCUT2D eigenvalue weighted by Gasteiger charge is 2.23. The minimum absolute atomic E-state index is 0.654. The predicted molar refractivity (Wildman–Crippen MR) is 106 cm³/mol. The molecule has 3 heterocycles. The fourth-order valence-corrected chi connectivity index (χ4v) is 3.78. The molecular formula is C20H32N6. The summed E-state index contributed by atoms with van der Waals surface area (Å²) in [5.74, 6) is 2.00. The van der Waals surface area contributed by atoms with Crippen LogP contribution in [0.1, 0.15) is 43.3 Å². The van der Waals surface area contributed by atoms with Crippen LogP contribution in [-0.2, 0) is 19.9 Å². The van der Waals surface area contributed by atoms with Crippen molar-refractivity contribution in [2.75, 3.05) is 31.6 Å². The maximum Gasteiger partial charge on any atom is 0.132 e. The molecule has 2 aromatic rings. The van der Waals surface area contributed by atoms with Crippen LogP contribution in [0.15, 0.2) is 18.5 Å². The van der Waals surface area contributed by atoms with Crippen LogP contribution < -0.4 is 4.90 Å². The molecule has 0 spiro atoms. The molecule has 1 aliphatic heterocycles. The average Bonchev–Trinajstić information content (AvgIpc) is 3.05. The van der Waals surface area contributed by atoms with E-state index in [1.165, 1.54) is 24.1 Å². The van der Waals surface area contributed by atoms with Crippen LogP contribution in [-0.4, -0.2) is 57.4 Å². The summed E-state index contributed by atoms with van der Waals surface area (Å²) in [6, 6.07) is 2.84. The molecule has 0 radical (unpaired) electrons. The lowest BCUT2D eigenvalue weighted by Gasteiger charge is -2.37. The lowest BCUT2D eigenvalue weighted by Crippen LogP contribution is -2.44. The highest BCUT2D eigenvalue weighted by atomic mass is 15.2. The maximum absolute atomic E-state index is 4.68. The highest BCUT2D eigenvalue weighted by Crippen LogP contribution is 2.22. The summed E-state index contributed by atoms with van der Waals surface area (Å²) < 4.78 is 1.88. The average molecular weight is 357 g/mol. The van der Waals surface area contributed by atoms with Gasteiger partial charge in [0.2, 0.25) is 0 Å². The van der Waals surface area contributed by atoms with Crippen molar-refractivity contribution in [1.29, 1.82) is 0 Å². The molecule has 26 heavy (non-hydrogen) atoms. The fourth-order valence-electron chi connectivity index (χ4n) is 3.78. The van der Waals surface area contributed by atoms with E-state index in [1.807, 2.05) is 24.9 Å². The molecule has 0 amide bonds. The Morgan fingerprint density at radius 1 is 1.19 bits per heavy atom. The summed E-state index contributed by atoms with van der Waals surface area (Å²) in [7, 11) is 4.23. The van der Waals surface area contributed by atoms with Crippen LogP contribution >= 0.6 is 0 Å². The number of nitrogens with zero attached hydrogens (tertiary/aromatic N) is 6. The maximum atomic E-state index is 4.68. The summed E-state index contributed by atoms with van der Waals surface area (Å²) >= 11 is 0. The van der Waals surface area contributed by atoms with Gasteiger partial charge in [-0.2, -0.15) is 5.10 Å². The Labute approximate surface area is 157 Å². The number of anilines is 1. The normalized spacial score (nSPS) is 15.8. The molecule has 1 aliphatic rings. The van der Waals surface area contributed by atoms with E-state index < -0.39 is 0 Å². The Kier molecular flexibility index (Phi) is 6.25. The van der Waals surface area contributed by atoms with Crippen molar-refractivity contribution >= 4 is 5.82 Å². The van der Waals surface area contributed by atoms with Crippen molar-refractivity contribution in [3.05, 3.63) is 35.5 Å². The second-order valence-corrected chi connectivity index (χ2v) is 7.49. The standard InChI is InChI=1S/C20H32N6/c1-5-6-18-13-20(23-16(2)22-18)26-11-8-19(9-12-26)24(3)10-7-17-14-21-25(4)15-17/h13-15,19H,5-12H2,1-4H3. The zero-order valence-electron chi connectivity index (χ0n) is 16.6. The topological polar surface area (TPSA) is 50.1 Å². The summed E-state index contributed by atoms with van der Waals surface area (Å²) in [5, 5.41) is 4.26. The first-order valence-corrected chi connectivity index (χ1v) is 9.82. The zero-order valence-corrected chi connectivity index (χ0v) is 16.6. The SMILES string of the molecule is CCCc1cc(N2CCC(N(C)CCc3cnn(C)c3)CC2)nc(C)n1. The fraction of sp³-hybridized carbons (Fsp3) is 0.650. The molecule has 6 nitrogen and oxygen atoms in total. The number of aryl methyl sites for hydroxylation is 3. The molecule has 1 saturated heterocycles. The molecule has 6 heteroatoms. The largest absolute Gasteiger partial charge is 0.356 e. The van der Waals surface area contributed by atoms with Gasteiger partial charge in [0.1, 0.15) is 11.6 Å². The Hall–Kier alpha value is -1.95. The Balaban J connectivity index is 1.52. The molecule has 1 fully saturated rings. The molecule has 0 saturated carbocycles. The Bertz CT molecular complexity index is 702. The lowest BCUT2D eigenvalue weighted by molar-refractivity contribution is 0.210. The number of hydrogen-bond acceptors (Lipinski definition) is 5. The van der Waals surface area contributed by atoms with Crippen LogP contribution in [0, 0.1) is 6.92 Å². The zero-order chi connectivity index (χ0) is 18.5. The lowest BCUT2D eigenvalue weighted by atomic mass is 10.0.